The fourth-order valence-electron chi connectivity index (χ4n) is 2.31. The maximum atomic E-state index is 5.36. The van der Waals surface area contributed by atoms with Crippen molar-refractivity contribution in [2.45, 2.75) is 26.3 Å². The number of rotatable bonds is 1. The number of hydrogen-bond acceptors (Lipinski definition) is 2. The van der Waals surface area contributed by atoms with E-state index in [9.17, 15) is 0 Å². The highest BCUT2D eigenvalue weighted by molar-refractivity contribution is 5.49. The van der Waals surface area contributed by atoms with Crippen LogP contribution in [-0.2, 0) is 0 Å². The largest absolute Gasteiger partial charge is 0.465 e. The lowest BCUT2D eigenvalue weighted by Crippen LogP contribution is -2.39. The van der Waals surface area contributed by atoms with Crippen LogP contribution in [0.25, 0.3) is 6.08 Å². The molecule has 2 nitrogen and oxygen atoms in total. The van der Waals surface area contributed by atoms with Crippen molar-refractivity contribution in [3.63, 3.8) is 0 Å². The smallest absolute Gasteiger partial charge is 0.126 e. The molecular weight excluding hydrogens is 186 g/mol. The lowest BCUT2D eigenvalue weighted by atomic mass is 9.90. The van der Waals surface area contributed by atoms with Crippen LogP contribution >= 0.6 is 0 Å². The van der Waals surface area contributed by atoms with Crippen LogP contribution in [0.3, 0.4) is 0 Å². The quantitative estimate of drug-likeness (QED) is 0.700. The van der Waals surface area contributed by atoms with E-state index in [0.29, 0.717) is 6.04 Å². The second-order valence-corrected chi connectivity index (χ2v) is 4.66. The molecule has 0 N–H and O–H groups in total. The average Bonchev–Trinajstić information content (AvgIpc) is 2.66. The minimum Gasteiger partial charge on any atom is -0.465 e. The molecule has 0 radical (unpaired) electrons. The van der Waals surface area contributed by atoms with Crippen molar-refractivity contribution in [1.82, 2.24) is 4.90 Å². The third-order valence-corrected chi connectivity index (χ3v) is 3.25. The molecule has 2 rings (SSSR count). The van der Waals surface area contributed by atoms with E-state index in [1.807, 2.05) is 12.1 Å². The SMILES string of the molecule is C[C@H]1C/C(=C/c2ccco2)[C@H](C)N(C)C1. The number of hydrogen-bond donors (Lipinski definition) is 0. The average molecular weight is 205 g/mol. The molecule has 1 aromatic heterocycles. The summed E-state index contributed by atoms with van der Waals surface area (Å²) in [5, 5.41) is 0. The third-order valence-electron chi connectivity index (χ3n) is 3.25. The topological polar surface area (TPSA) is 16.4 Å². The Balaban J connectivity index is 2.20. The molecule has 15 heavy (non-hydrogen) atoms. The number of piperidine rings is 1. The zero-order valence-corrected chi connectivity index (χ0v) is 9.73. The van der Waals surface area contributed by atoms with Crippen molar-refractivity contribution in [1.29, 1.82) is 0 Å². The molecule has 1 aliphatic heterocycles. The van der Waals surface area contributed by atoms with Gasteiger partial charge in [-0.2, -0.15) is 0 Å². The molecule has 1 aromatic rings. The molecule has 2 heterocycles. The number of likely N-dealkylation sites (N-methyl/N-ethyl adjacent to an activating group) is 1. The van der Waals surface area contributed by atoms with Gasteiger partial charge in [0.2, 0.25) is 0 Å². The van der Waals surface area contributed by atoms with Gasteiger partial charge in [0.1, 0.15) is 5.76 Å². The van der Waals surface area contributed by atoms with Crippen molar-refractivity contribution < 1.29 is 4.42 Å². The van der Waals surface area contributed by atoms with Crippen LogP contribution in [0.1, 0.15) is 26.0 Å². The molecule has 0 bridgehead atoms. The molecule has 2 atom stereocenters. The number of furan rings is 1. The second-order valence-electron chi connectivity index (χ2n) is 4.66. The lowest BCUT2D eigenvalue weighted by Gasteiger charge is -2.36. The zero-order valence-electron chi connectivity index (χ0n) is 9.73. The van der Waals surface area contributed by atoms with E-state index in [1.54, 1.807) is 6.26 Å². The van der Waals surface area contributed by atoms with Crippen molar-refractivity contribution in [2.24, 2.45) is 5.92 Å². The van der Waals surface area contributed by atoms with Gasteiger partial charge in [0, 0.05) is 12.6 Å². The molecule has 0 saturated carbocycles. The highest BCUT2D eigenvalue weighted by Gasteiger charge is 2.23. The van der Waals surface area contributed by atoms with Crippen LogP contribution < -0.4 is 0 Å². The molecule has 1 fully saturated rings. The Morgan fingerprint density at radius 3 is 2.93 bits per heavy atom. The van der Waals surface area contributed by atoms with Crippen LogP contribution in [0.4, 0.5) is 0 Å². The Morgan fingerprint density at radius 2 is 2.27 bits per heavy atom. The molecule has 0 amide bonds. The van der Waals surface area contributed by atoms with Gasteiger partial charge in [0.25, 0.3) is 0 Å². The van der Waals surface area contributed by atoms with Gasteiger partial charge in [-0.05, 0) is 50.1 Å². The zero-order chi connectivity index (χ0) is 10.8. The fraction of sp³-hybridized carbons (Fsp3) is 0.538. The Labute approximate surface area is 91.6 Å². The minimum absolute atomic E-state index is 0.534. The summed E-state index contributed by atoms with van der Waals surface area (Å²) in [4.78, 5) is 2.41. The Morgan fingerprint density at radius 1 is 1.47 bits per heavy atom. The van der Waals surface area contributed by atoms with Gasteiger partial charge >= 0.3 is 0 Å². The van der Waals surface area contributed by atoms with Crippen molar-refractivity contribution in [3.8, 4) is 0 Å². The van der Waals surface area contributed by atoms with Gasteiger partial charge in [-0.25, -0.2) is 0 Å². The van der Waals surface area contributed by atoms with Crippen molar-refractivity contribution >= 4 is 6.08 Å². The first-order valence-corrected chi connectivity index (χ1v) is 5.61. The van der Waals surface area contributed by atoms with Gasteiger partial charge < -0.3 is 4.42 Å². The molecule has 0 spiro atoms. The first-order chi connectivity index (χ1) is 7.16. The summed E-state index contributed by atoms with van der Waals surface area (Å²) in [5.74, 6) is 1.71. The summed E-state index contributed by atoms with van der Waals surface area (Å²) < 4.78 is 5.36. The summed E-state index contributed by atoms with van der Waals surface area (Å²) >= 11 is 0. The standard InChI is InChI=1S/C13H19NO/c1-10-7-12(11(2)14(3)9-10)8-13-5-4-6-15-13/h4-6,8,10-11H,7,9H2,1-3H3/b12-8-/t10-,11-/m0/s1. The van der Waals surface area contributed by atoms with E-state index in [0.717, 1.165) is 11.7 Å². The van der Waals surface area contributed by atoms with E-state index >= 15 is 0 Å². The number of nitrogens with zero attached hydrogens (tertiary/aromatic N) is 1. The monoisotopic (exact) mass is 205 g/mol. The first kappa shape index (κ1) is 10.5. The van der Waals surface area contributed by atoms with Gasteiger partial charge in [0.05, 0.1) is 6.26 Å². The predicted octanol–water partition coefficient (Wildman–Crippen LogP) is 3.02. The summed E-state index contributed by atoms with van der Waals surface area (Å²) in [6.45, 7) is 5.76. The van der Waals surface area contributed by atoms with E-state index in [2.05, 4.69) is 31.9 Å². The molecule has 0 aromatic carbocycles. The highest BCUT2D eigenvalue weighted by Crippen LogP contribution is 2.27. The summed E-state index contributed by atoms with van der Waals surface area (Å²) in [6, 6.07) is 4.48. The fourth-order valence-corrected chi connectivity index (χ4v) is 2.31. The molecule has 1 aliphatic rings. The van der Waals surface area contributed by atoms with Crippen LogP contribution in [0.5, 0.6) is 0 Å². The molecule has 0 unspecified atom stereocenters. The second kappa shape index (κ2) is 4.23. The highest BCUT2D eigenvalue weighted by atomic mass is 16.3. The van der Waals surface area contributed by atoms with Gasteiger partial charge in [0.15, 0.2) is 0 Å². The Bertz CT molecular complexity index is 339. The Hall–Kier alpha value is -1.02. The molecule has 2 heteroatoms. The maximum Gasteiger partial charge on any atom is 0.126 e. The molecule has 0 aliphatic carbocycles. The summed E-state index contributed by atoms with van der Waals surface area (Å²) in [6.07, 6.45) is 5.11. The first-order valence-electron chi connectivity index (χ1n) is 5.61. The Kier molecular flexibility index (Phi) is 2.96. The minimum atomic E-state index is 0.534. The van der Waals surface area contributed by atoms with E-state index in [1.165, 1.54) is 18.5 Å². The van der Waals surface area contributed by atoms with Crippen molar-refractivity contribution in [3.05, 3.63) is 29.7 Å². The maximum absolute atomic E-state index is 5.36. The summed E-state index contributed by atoms with van der Waals surface area (Å²) in [7, 11) is 2.19. The van der Waals surface area contributed by atoms with Crippen LogP contribution in [0.15, 0.2) is 28.4 Å². The molecular formula is C13H19NO. The summed E-state index contributed by atoms with van der Waals surface area (Å²) in [5.41, 5.74) is 1.48. The van der Waals surface area contributed by atoms with Gasteiger partial charge in [-0.15, -0.1) is 0 Å². The van der Waals surface area contributed by atoms with E-state index in [4.69, 9.17) is 4.42 Å². The lowest BCUT2D eigenvalue weighted by molar-refractivity contribution is 0.207. The van der Waals surface area contributed by atoms with E-state index in [-0.39, 0.29) is 0 Å². The van der Waals surface area contributed by atoms with Crippen LogP contribution in [0.2, 0.25) is 0 Å². The molecule has 82 valence electrons. The predicted molar refractivity (Wildman–Crippen MR) is 62.6 cm³/mol. The van der Waals surface area contributed by atoms with Gasteiger partial charge in [-0.1, -0.05) is 6.92 Å². The van der Waals surface area contributed by atoms with Gasteiger partial charge in [-0.3, -0.25) is 4.90 Å². The van der Waals surface area contributed by atoms with E-state index < -0.39 is 0 Å². The van der Waals surface area contributed by atoms with Crippen LogP contribution in [0, 0.1) is 5.92 Å². The molecule has 1 saturated heterocycles. The third kappa shape index (κ3) is 2.32. The number of likely N-dealkylation sites (tertiary alicyclic amines) is 1. The van der Waals surface area contributed by atoms with Crippen LogP contribution in [-0.4, -0.2) is 24.5 Å². The van der Waals surface area contributed by atoms with Crippen molar-refractivity contribution in [2.75, 3.05) is 13.6 Å². The normalized spacial score (nSPS) is 31.0.